The predicted octanol–water partition coefficient (Wildman–Crippen LogP) is 6.35. The zero-order chi connectivity index (χ0) is 26.4. The van der Waals surface area contributed by atoms with E-state index in [0.29, 0.717) is 28.1 Å². The van der Waals surface area contributed by atoms with Gasteiger partial charge in [-0.1, -0.05) is 55.4 Å². The summed E-state index contributed by atoms with van der Waals surface area (Å²) in [7, 11) is 0. The van der Waals surface area contributed by atoms with E-state index in [-0.39, 0.29) is 23.5 Å². The Morgan fingerprint density at radius 3 is 2.56 bits per heavy atom. The molecule has 0 aliphatic heterocycles. The van der Waals surface area contributed by atoms with E-state index >= 15 is 0 Å². The Hall–Kier alpha value is -2.62. The molecular weight excluding hydrogens is 562 g/mol. The molecule has 1 aromatic heterocycles. The van der Waals surface area contributed by atoms with Gasteiger partial charge in [0.2, 0.25) is 5.91 Å². The molecule has 190 valence electrons. The third kappa shape index (κ3) is 6.78. The summed E-state index contributed by atoms with van der Waals surface area (Å²) in [4.78, 5) is 25.6. The summed E-state index contributed by atoms with van der Waals surface area (Å²) in [6, 6.07) is 10.4. The third-order valence-corrected chi connectivity index (χ3v) is 7.55. The van der Waals surface area contributed by atoms with Gasteiger partial charge in [-0.3, -0.25) is 9.59 Å². The number of aromatic nitrogens is 3. The lowest BCUT2D eigenvalue weighted by molar-refractivity contribution is -0.113. The number of amides is 2. The van der Waals surface area contributed by atoms with Gasteiger partial charge in [-0.05, 0) is 71.1 Å². The number of anilines is 1. The molecule has 2 aromatic carbocycles. The first-order chi connectivity index (χ1) is 17.1. The van der Waals surface area contributed by atoms with Gasteiger partial charge in [0.05, 0.1) is 28.1 Å². The topological polar surface area (TPSA) is 88.9 Å². The number of carbonyl (C=O) groups is 2. The molecule has 2 amide bonds. The highest BCUT2D eigenvalue weighted by Gasteiger charge is 2.27. The minimum atomic E-state index is -0.420. The van der Waals surface area contributed by atoms with Crippen LogP contribution in [0.2, 0.25) is 5.02 Å². The number of hydrogen-bond donors (Lipinski definition) is 2. The standard InChI is InChI=1S/C26H29BrClN5O2S/c1-6-11-33-24(23(15(2)3)30-25(35)18-9-7-8-10-20(18)28)31-32-26(33)36-14-22(34)29-21-13-17(5)16(4)12-19(21)27/h6-10,12-13,15,23H,1,11,14H2,2-5H3,(H,29,34)(H,30,35). The SMILES string of the molecule is C=CCn1c(SCC(=O)Nc2cc(C)c(C)cc2Br)nnc1C(NC(=O)c1ccccc1Cl)C(C)C. The number of thioether (sulfide) groups is 1. The van der Waals surface area contributed by atoms with Crippen molar-refractivity contribution in [2.45, 2.75) is 45.4 Å². The van der Waals surface area contributed by atoms with Crippen LogP contribution < -0.4 is 10.6 Å². The number of rotatable bonds is 10. The summed E-state index contributed by atoms with van der Waals surface area (Å²) >= 11 is 11.0. The number of carbonyl (C=O) groups excluding carboxylic acids is 2. The van der Waals surface area contributed by atoms with Gasteiger partial charge in [0.15, 0.2) is 11.0 Å². The fourth-order valence-corrected chi connectivity index (χ4v) is 5.06. The van der Waals surface area contributed by atoms with Crippen molar-refractivity contribution in [3.8, 4) is 0 Å². The molecule has 2 N–H and O–H groups in total. The van der Waals surface area contributed by atoms with Crippen molar-refractivity contribution in [3.63, 3.8) is 0 Å². The second kappa shape index (κ2) is 12.6. The molecule has 1 heterocycles. The lowest BCUT2D eigenvalue weighted by Gasteiger charge is -2.23. The van der Waals surface area contributed by atoms with Crippen molar-refractivity contribution in [3.05, 3.63) is 81.1 Å². The van der Waals surface area contributed by atoms with Crippen molar-refractivity contribution in [2.24, 2.45) is 5.92 Å². The zero-order valence-electron chi connectivity index (χ0n) is 20.6. The molecule has 10 heteroatoms. The summed E-state index contributed by atoms with van der Waals surface area (Å²) in [5.41, 5.74) is 3.35. The van der Waals surface area contributed by atoms with Gasteiger partial charge >= 0.3 is 0 Å². The second-order valence-electron chi connectivity index (χ2n) is 8.67. The van der Waals surface area contributed by atoms with Crippen LogP contribution in [0.25, 0.3) is 0 Å². The van der Waals surface area contributed by atoms with Gasteiger partial charge in [-0.15, -0.1) is 16.8 Å². The van der Waals surface area contributed by atoms with Crippen LogP contribution >= 0.6 is 39.3 Å². The average Bonchev–Trinajstić information content (AvgIpc) is 3.22. The van der Waals surface area contributed by atoms with Crippen molar-refractivity contribution < 1.29 is 9.59 Å². The third-order valence-electron chi connectivity index (χ3n) is 5.60. The van der Waals surface area contributed by atoms with Gasteiger partial charge in [0.25, 0.3) is 5.91 Å². The van der Waals surface area contributed by atoms with Crippen LogP contribution in [-0.2, 0) is 11.3 Å². The monoisotopic (exact) mass is 589 g/mol. The van der Waals surface area contributed by atoms with Crippen molar-refractivity contribution >= 4 is 56.8 Å². The molecular formula is C26H29BrClN5O2S. The van der Waals surface area contributed by atoms with Gasteiger partial charge in [-0.2, -0.15) is 0 Å². The number of halogens is 2. The lowest BCUT2D eigenvalue weighted by atomic mass is 10.0. The van der Waals surface area contributed by atoms with Crippen LogP contribution in [0.4, 0.5) is 5.69 Å². The smallest absolute Gasteiger partial charge is 0.253 e. The highest BCUT2D eigenvalue weighted by molar-refractivity contribution is 9.10. The molecule has 0 bridgehead atoms. The van der Waals surface area contributed by atoms with E-state index in [0.717, 1.165) is 21.3 Å². The zero-order valence-corrected chi connectivity index (χ0v) is 23.8. The lowest BCUT2D eigenvalue weighted by Crippen LogP contribution is -2.34. The Kier molecular flexibility index (Phi) is 9.76. The first-order valence-corrected chi connectivity index (χ1v) is 13.6. The molecule has 0 spiro atoms. The molecule has 0 aliphatic carbocycles. The normalized spacial score (nSPS) is 11.9. The van der Waals surface area contributed by atoms with E-state index in [1.807, 2.05) is 44.4 Å². The van der Waals surface area contributed by atoms with E-state index in [1.54, 1.807) is 30.3 Å². The molecule has 3 rings (SSSR count). The number of aryl methyl sites for hydroxylation is 2. The maximum absolute atomic E-state index is 13.0. The highest BCUT2D eigenvalue weighted by Crippen LogP contribution is 2.28. The van der Waals surface area contributed by atoms with Crippen LogP contribution in [0.1, 0.15) is 47.2 Å². The van der Waals surface area contributed by atoms with Gasteiger partial charge in [0, 0.05) is 11.0 Å². The minimum Gasteiger partial charge on any atom is -0.342 e. The number of nitrogens with one attached hydrogen (secondary N) is 2. The van der Waals surface area contributed by atoms with Crippen molar-refractivity contribution in [2.75, 3.05) is 11.1 Å². The fraction of sp³-hybridized carbons (Fsp3) is 0.308. The van der Waals surface area contributed by atoms with Crippen LogP contribution in [0.5, 0.6) is 0 Å². The minimum absolute atomic E-state index is 0.0208. The molecule has 1 unspecified atom stereocenters. The Labute approximate surface area is 229 Å². The van der Waals surface area contributed by atoms with Gasteiger partial charge in [0.1, 0.15) is 0 Å². The van der Waals surface area contributed by atoms with E-state index in [2.05, 4.69) is 43.3 Å². The largest absolute Gasteiger partial charge is 0.342 e. The molecule has 0 radical (unpaired) electrons. The number of benzene rings is 2. The van der Waals surface area contributed by atoms with Gasteiger partial charge < -0.3 is 15.2 Å². The van der Waals surface area contributed by atoms with Crippen molar-refractivity contribution in [1.82, 2.24) is 20.1 Å². The number of hydrogen-bond acceptors (Lipinski definition) is 5. The van der Waals surface area contributed by atoms with Crippen molar-refractivity contribution in [1.29, 1.82) is 0 Å². The fourth-order valence-electron chi connectivity index (χ4n) is 3.52. The van der Waals surface area contributed by atoms with Crippen LogP contribution in [0.3, 0.4) is 0 Å². The molecule has 0 saturated heterocycles. The number of allylic oxidation sites excluding steroid dienone is 1. The maximum atomic E-state index is 13.0. The second-order valence-corrected chi connectivity index (χ2v) is 10.9. The van der Waals surface area contributed by atoms with Crippen LogP contribution in [-0.4, -0.2) is 32.3 Å². The molecule has 3 aromatic rings. The van der Waals surface area contributed by atoms with Crippen LogP contribution in [0, 0.1) is 19.8 Å². The highest BCUT2D eigenvalue weighted by atomic mass is 79.9. The molecule has 36 heavy (non-hydrogen) atoms. The average molecular weight is 591 g/mol. The molecule has 0 aliphatic rings. The van der Waals surface area contributed by atoms with E-state index in [1.165, 1.54) is 11.8 Å². The maximum Gasteiger partial charge on any atom is 0.253 e. The van der Waals surface area contributed by atoms with Gasteiger partial charge in [-0.25, -0.2) is 0 Å². The summed E-state index contributed by atoms with van der Waals surface area (Å²) in [6.07, 6.45) is 1.73. The Morgan fingerprint density at radius 2 is 1.89 bits per heavy atom. The molecule has 0 fully saturated rings. The first-order valence-electron chi connectivity index (χ1n) is 11.4. The summed E-state index contributed by atoms with van der Waals surface area (Å²) in [6.45, 7) is 12.3. The first kappa shape index (κ1) is 28.0. The molecule has 7 nitrogen and oxygen atoms in total. The quantitative estimate of drug-likeness (QED) is 0.212. The summed E-state index contributed by atoms with van der Waals surface area (Å²) < 4.78 is 2.70. The molecule has 0 saturated carbocycles. The van der Waals surface area contributed by atoms with E-state index in [9.17, 15) is 9.59 Å². The van der Waals surface area contributed by atoms with E-state index in [4.69, 9.17) is 11.6 Å². The number of nitrogens with zero attached hydrogens (tertiary/aromatic N) is 3. The van der Waals surface area contributed by atoms with E-state index < -0.39 is 6.04 Å². The summed E-state index contributed by atoms with van der Waals surface area (Å²) in [5.74, 6) is 0.302. The summed E-state index contributed by atoms with van der Waals surface area (Å²) in [5, 5.41) is 15.6. The molecule has 1 atom stereocenters. The Morgan fingerprint density at radius 1 is 1.19 bits per heavy atom. The Bertz CT molecular complexity index is 1280. The van der Waals surface area contributed by atoms with Crippen LogP contribution in [0.15, 0.2) is 58.7 Å². The predicted molar refractivity (Wildman–Crippen MR) is 150 cm³/mol. The Balaban J connectivity index is 1.77.